The van der Waals surface area contributed by atoms with Crippen LogP contribution in [0.4, 0.5) is 0 Å². The molecule has 1 unspecified atom stereocenters. The molecule has 3 nitrogen and oxygen atoms in total. The molecule has 1 saturated carbocycles. The second-order valence-electron chi connectivity index (χ2n) is 5.82. The van der Waals surface area contributed by atoms with Crippen molar-refractivity contribution in [1.82, 2.24) is 4.90 Å². The summed E-state index contributed by atoms with van der Waals surface area (Å²) >= 11 is 0. The van der Waals surface area contributed by atoms with Crippen LogP contribution in [0.3, 0.4) is 0 Å². The predicted molar refractivity (Wildman–Crippen MR) is 64.4 cm³/mol. The molecule has 1 aliphatic carbocycles. The lowest BCUT2D eigenvalue weighted by molar-refractivity contribution is -0.183. The van der Waals surface area contributed by atoms with Crippen molar-refractivity contribution in [2.24, 2.45) is 11.3 Å². The first-order chi connectivity index (χ1) is 7.69. The van der Waals surface area contributed by atoms with Crippen LogP contribution < -0.4 is 0 Å². The molecule has 1 atom stereocenters. The summed E-state index contributed by atoms with van der Waals surface area (Å²) in [4.78, 5) is 2.31. The highest BCUT2D eigenvalue weighted by molar-refractivity contribution is 4.99. The van der Waals surface area contributed by atoms with Gasteiger partial charge in [0, 0.05) is 6.04 Å². The van der Waals surface area contributed by atoms with Crippen LogP contribution in [0.25, 0.3) is 0 Å². The average Bonchev–Trinajstić information content (AvgIpc) is 2.24. The second kappa shape index (κ2) is 5.03. The Balaban J connectivity index is 2.09. The van der Waals surface area contributed by atoms with E-state index in [1.807, 2.05) is 0 Å². The normalized spacial score (nSPS) is 27.8. The molecule has 1 N–H and O–H groups in total. The van der Waals surface area contributed by atoms with Gasteiger partial charge in [0.05, 0.1) is 25.2 Å². The fraction of sp³-hybridized carbons (Fsp3) is 1.00. The van der Waals surface area contributed by atoms with E-state index in [1.165, 1.54) is 32.1 Å². The highest BCUT2D eigenvalue weighted by Gasteiger charge is 2.49. The third-order valence-corrected chi connectivity index (χ3v) is 4.37. The van der Waals surface area contributed by atoms with Gasteiger partial charge >= 0.3 is 0 Å². The molecule has 94 valence electrons. The van der Waals surface area contributed by atoms with Crippen LogP contribution in [0.2, 0.25) is 0 Å². The summed E-state index contributed by atoms with van der Waals surface area (Å²) in [5.41, 5.74) is 0.0194. The molecule has 0 radical (unpaired) electrons. The molecule has 16 heavy (non-hydrogen) atoms. The van der Waals surface area contributed by atoms with E-state index in [0.29, 0.717) is 6.04 Å². The lowest BCUT2D eigenvalue weighted by Crippen LogP contribution is -2.61. The minimum absolute atomic E-state index is 0.0194. The first-order valence-corrected chi connectivity index (χ1v) is 6.55. The second-order valence-corrected chi connectivity index (χ2v) is 5.82. The van der Waals surface area contributed by atoms with Crippen molar-refractivity contribution >= 4 is 0 Å². The fourth-order valence-electron chi connectivity index (χ4n) is 3.64. The summed E-state index contributed by atoms with van der Waals surface area (Å²) in [6, 6.07) is 0.492. The summed E-state index contributed by atoms with van der Waals surface area (Å²) < 4.78 is 5.36. The molecule has 1 aliphatic heterocycles. The van der Waals surface area contributed by atoms with E-state index < -0.39 is 0 Å². The molecule has 0 aromatic heterocycles. The molecular weight excluding hydrogens is 202 g/mol. The average molecular weight is 227 g/mol. The summed E-state index contributed by atoms with van der Waals surface area (Å²) in [7, 11) is 4.30. The minimum atomic E-state index is 0.0194. The zero-order chi connectivity index (χ0) is 11.6. The number of rotatable bonds is 4. The molecule has 3 heteroatoms. The van der Waals surface area contributed by atoms with E-state index in [0.717, 1.165) is 19.1 Å². The van der Waals surface area contributed by atoms with Gasteiger partial charge in [0.15, 0.2) is 0 Å². The first kappa shape index (κ1) is 12.3. The van der Waals surface area contributed by atoms with Gasteiger partial charge in [0.1, 0.15) is 0 Å². The molecule has 0 bridgehead atoms. The van der Waals surface area contributed by atoms with E-state index in [1.54, 1.807) is 0 Å². The third kappa shape index (κ3) is 2.13. The van der Waals surface area contributed by atoms with E-state index in [2.05, 4.69) is 19.0 Å². The number of hydrogen-bond donors (Lipinski definition) is 1. The molecule has 2 fully saturated rings. The number of aliphatic hydroxyl groups is 1. The maximum Gasteiger partial charge on any atom is 0.0582 e. The van der Waals surface area contributed by atoms with Gasteiger partial charge in [0.25, 0.3) is 0 Å². The first-order valence-electron chi connectivity index (χ1n) is 6.55. The Morgan fingerprint density at radius 3 is 2.25 bits per heavy atom. The predicted octanol–water partition coefficient (Wildman–Crippen LogP) is 1.51. The Bertz CT molecular complexity index is 214. The molecule has 0 spiro atoms. The van der Waals surface area contributed by atoms with Crippen molar-refractivity contribution in [3.8, 4) is 0 Å². The minimum Gasteiger partial charge on any atom is -0.396 e. The zero-order valence-corrected chi connectivity index (χ0v) is 10.6. The zero-order valence-electron chi connectivity index (χ0n) is 10.6. The topological polar surface area (TPSA) is 32.7 Å². The van der Waals surface area contributed by atoms with Crippen molar-refractivity contribution in [2.75, 3.05) is 33.9 Å². The Morgan fingerprint density at radius 2 is 1.88 bits per heavy atom. The van der Waals surface area contributed by atoms with Crippen LogP contribution in [-0.4, -0.2) is 50.0 Å². The maximum atomic E-state index is 9.68. The Labute approximate surface area is 98.8 Å². The molecule has 1 heterocycles. The van der Waals surface area contributed by atoms with Gasteiger partial charge in [0.2, 0.25) is 0 Å². The smallest absolute Gasteiger partial charge is 0.0582 e. The van der Waals surface area contributed by atoms with Crippen molar-refractivity contribution < 1.29 is 9.84 Å². The molecule has 1 saturated heterocycles. The number of hydrogen-bond acceptors (Lipinski definition) is 3. The van der Waals surface area contributed by atoms with Crippen LogP contribution in [-0.2, 0) is 4.74 Å². The molecule has 2 rings (SSSR count). The monoisotopic (exact) mass is 227 g/mol. The van der Waals surface area contributed by atoms with Crippen molar-refractivity contribution in [1.29, 1.82) is 0 Å². The largest absolute Gasteiger partial charge is 0.396 e. The highest BCUT2D eigenvalue weighted by Crippen LogP contribution is 2.41. The number of nitrogens with zero attached hydrogens (tertiary/aromatic N) is 1. The summed E-state index contributed by atoms with van der Waals surface area (Å²) in [6.45, 7) is 1.75. The standard InChI is InChI=1S/C13H25NO2/c1-14(2)12(11-6-4-3-5-7-11)13(8-15)9-16-10-13/h11-12,15H,3-10H2,1-2H3. The third-order valence-electron chi connectivity index (χ3n) is 4.37. The summed E-state index contributed by atoms with van der Waals surface area (Å²) in [6.07, 6.45) is 6.75. The molecule has 0 aromatic rings. The van der Waals surface area contributed by atoms with E-state index in [4.69, 9.17) is 4.74 Å². The summed E-state index contributed by atoms with van der Waals surface area (Å²) in [5.74, 6) is 0.750. The summed E-state index contributed by atoms with van der Waals surface area (Å²) in [5, 5.41) is 9.68. The maximum absolute atomic E-state index is 9.68. The number of ether oxygens (including phenoxy) is 1. The van der Waals surface area contributed by atoms with Crippen molar-refractivity contribution in [3.63, 3.8) is 0 Å². The van der Waals surface area contributed by atoms with Gasteiger partial charge in [-0.05, 0) is 32.9 Å². The van der Waals surface area contributed by atoms with Crippen LogP contribution in [0, 0.1) is 11.3 Å². The Morgan fingerprint density at radius 1 is 1.25 bits per heavy atom. The van der Waals surface area contributed by atoms with E-state index in [9.17, 15) is 5.11 Å². The molecule has 0 amide bonds. The van der Waals surface area contributed by atoms with Gasteiger partial charge in [-0.3, -0.25) is 0 Å². The lowest BCUT2D eigenvalue weighted by Gasteiger charge is -2.52. The van der Waals surface area contributed by atoms with Crippen molar-refractivity contribution in [3.05, 3.63) is 0 Å². The van der Waals surface area contributed by atoms with Gasteiger partial charge in [-0.15, -0.1) is 0 Å². The highest BCUT2D eigenvalue weighted by atomic mass is 16.5. The SMILES string of the molecule is CN(C)C(C1CCCCC1)C1(CO)COC1. The van der Waals surface area contributed by atoms with Gasteiger partial charge < -0.3 is 14.7 Å². The van der Waals surface area contributed by atoms with Crippen LogP contribution >= 0.6 is 0 Å². The quantitative estimate of drug-likeness (QED) is 0.790. The van der Waals surface area contributed by atoms with E-state index in [-0.39, 0.29) is 12.0 Å². The van der Waals surface area contributed by atoms with Gasteiger partial charge in [-0.2, -0.15) is 0 Å². The van der Waals surface area contributed by atoms with Gasteiger partial charge in [-0.25, -0.2) is 0 Å². The fourth-order valence-corrected chi connectivity index (χ4v) is 3.64. The number of aliphatic hydroxyl groups excluding tert-OH is 1. The van der Waals surface area contributed by atoms with Crippen LogP contribution in [0.15, 0.2) is 0 Å². The van der Waals surface area contributed by atoms with Crippen LogP contribution in [0.5, 0.6) is 0 Å². The van der Waals surface area contributed by atoms with Crippen LogP contribution in [0.1, 0.15) is 32.1 Å². The van der Waals surface area contributed by atoms with Gasteiger partial charge in [-0.1, -0.05) is 19.3 Å². The molecule has 0 aromatic carbocycles. The van der Waals surface area contributed by atoms with E-state index >= 15 is 0 Å². The lowest BCUT2D eigenvalue weighted by atomic mass is 9.68. The molecule has 2 aliphatic rings. The Hall–Kier alpha value is -0.120. The van der Waals surface area contributed by atoms with Crippen molar-refractivity contribution in [2.45, 2.75) is 38.1 Å². The molecular formula is C13H25NO2. The Kier molecular flexibility index (Phi) is 3.88.